The van der Waals surface area contributed by atoms with Gasteiger partial charge in [0.2, 0.25) is 0 Å². The summed E-state index contributed by atoms with van der Waals surface area (Å²) in [6, 6.07) is 4.77. The van der Waals surface area contributed by atoms with Crippen LogP contribution >= 0.6 is 0 Å². The van der Waals surface area contributed by atoms with Crippen molar-refractivity contribution < 1.29 is 0 Å². The molecular formula is C12H18N4. The number of nitrogens with zero attached hydrogens (tertiary/aromatic N) is 3. The summed E-state index contributed by atoms with van der Waals surface area (Å²) in [7, 11) is 0. The molecule has 86 valence electrons. The predicted octanol–water partition coefficient (Wildman–Crippen LogP) is 0.948. The number of aromatic nitrogens is 1. The van der Waals surface area contributed by atoms with E-state index in [-0.39, 0.29) is 0 Å². The van der Waals surface area contributed by atoms with Gasteiger partial charge in [-0.25, -0.2) is 4.98 Å². The highest BCUT2D eigenvalue weighted by Gasteiger charge is 2.31. The maximum atomic E-state index is 5.92. The van der Waals surface area contributed by atoms with Gasteiger partial charge in [-0.2, -0.15) is 0 Å². The standard InChI is InChI=1S/C12H18N4/c13-12-11(4-1-5-14-12)16-8-7-15-6-2-3-10(15)9-16/h1,4-5,10H,2-3,6-9H2,(H2,13,14). The van der Waals surface area contributed by atoms with Crippen molar-refractivity contribution in [2.75, 3.05) is 36.8 Å². The lowest BCUT2D eigenvalue weighted by Gasteiger charge is -2.38. The first-order valence-corrected chi connectivity index (χ1v) is 6.04. The molecule has 1 aromatic heterocycles. The molecule has 4 heteroatoms. The smallest absolute Gasteiger partial charge is 0.146 e. The molecule has 1 unspecified atom stereocenters. The van der Waals surface area contributed by atoms with Crippen molar-refractivity contribution >= 4 is 11.5 Å². The summed E-state index contributed by atoms with van der Waals surface area (Å²) < 4.78 is 0. The Balaban J connectivity index is 1.79. The van der Waals surface area contributed by atoms with E-state index in [1.165, 1.54) is 25.9 Å². The van der Waals surface area contributed by atoms with Gasteiger partial charge >= 0.3 is 0 Å². The van der Waals surface area contributed by atoms with Crippen LogP contribution in [0.3, 0.4) is 0 Å². The summed E-state index contributed by atoms with van der Waals surface area (Å²) in [4.78, 5) is 9.15. The average molecular weight is 218 g/mol. The Hall–Kier alpha value is -1.29. The van der Waals surface area contributed by atoms with Crippen molar-refractivity contribution in [1.82, 2.24) is 9.88 Å². The highest BCUT2D eigenvalue weighted by molar-refractivity contribution is 5.63. The third-order valence-electron chi connectivity index (χ3n) is 3.74. The van der Waals surface area contributed by atoms with Gasteiger partial charge in [0.25, 0.3) is 0 Å². The predicted molar refractivity (Wildman–Crippen MR) is 65.5 cm³/mol. The van der Waals surface area contributed by atoms with E-state index in [1.807, 2.05) is 6.07 Å². The van der Waals surface area contributed by atoms with Crippen LogP contribution in [0.25, 0.3) is 0 Å². The van der Waals surface area contributed by atoms with Crippen LogP contribution in [0.5, 0.6) is 0 Å². The Bertz CT molecular complexity index is 379. The van der Waals surface area contributed by atoms with Crippen molar-refractivity contribution in [2.45, 2.75) is 18.9 Å². The molecule has 0 radical (unpaired) electrons. The van der Waals surface area contributed by atoms with Crippen molar-refractivity contribution in [3.8, 4) is 0 Å². The monoisotopic (exact) mass is 218 g/mol. The van der Waals surface area contributed by atoms with Crippen molar-refractivity contribution in [3.63, 3.8) is 0 Å². The second kappa shape index (κ2) is 3.94. The van der Waals surface area contributed by atoms with E-state index in [9.17, 15) is 0 Å². The number of anilines is 2. The molecule has 0 amide bonds. The number of hydrogen-bond acceptors (Lipinski definition) is 4. The van der Waals surface area contributed by atoms with Crippen LogP contribution in [0.4, 0.5) is 11.5 Å². The fourth-order valence-corrected chi connectivity index (χ4v) is 2.89. The number of piperazine rings is 1. The summed E-state index contributed by atoms with van der Waals surface area (Å²) in [5, 5.41) is 0. The third-order valence-corrected chi connectivity index (χ3v) is 3.74. The summed E-state index contributed by atoms with van der Waals surface area (Å²) >= 11 is 0. The summed E-state index contributed by atoms with van der Waals surface area (Å²) in [6.45, 7) is 4.63. The van der Waals surface area contributed by atoms with Crippen LogP contribution < -0.4 is 10.6 Å². The van der Waals surface area contributed by atoms with Gasteiger partial charge in [-0.05, 0) is 31.5 Å². The highest BCUT2D eigenvalue weighted by atomic mass is 15.3. The van der Waals surface area contributed by atoms with Gasteiger partial charge in [-0.15, -0.1) is 0 Å². The summed E-state index contributed by atoms with van der Waals surface area (Å²) in [5.41, 5.74) is 7.03. The van der Waals surface area contributed by atoms with Crippen LogP contribution in [0.1, 0.15) is 12.8 Å². The molecule has 3 rings (SSSR count). The molecule has 0 spiro atoms. The Morgan fingerprint density at radius 2 is 2.25 bits per heavy atom. The molecule has 16 heavy (non-hydrogen) atoms. The lowest BCUT2D eigenvalue weighted by atomic mass is 10.1. The third kappa shape index (κ3) is 1.63. The quantitative estimate of drug-likeness (QED) is 0.762. The zero-order valence-electron chi connectivity index (χ0n) is 9.47. The van der Waals surface area contributed by atoms with Crippen molar-refractivity contribution in [2.24, 2.45) is 0 Å². The minimum absolute atomic E-state index is 0.661. The van der Waals surface area contributed by atoms with E-state index < -0.39 is 0 Å². The molecule has 0 bridgehead atoms. The lowest BCUT2D eigenvalue weighted by Crippen LogP contribution is -2.50. The molecular weight excluding hydrogens is 200 g/mol. The van der Waals surface area contributed by atoms with Gasteiger partial charge < -0.3 is 10.6 Å². The van der Waals surface area contributed by atoms with Crippen LogP contribution in [0.15, 0.2) is 18.3 Å². The Labute approximate surface area is 96.1 Å². The molecule has 4 nitrogen and oxygen atoms in total. The van der Waals surface area contributed by atoms with Gasteiger partial charge in [0.15, 0.2) is 0 Å². The second-order valence-corrected chi connectivity index (χ2v) is 4.69. The van der Waals surface area contributed by atoms with E-state index in [2.05, 4.69) is 20.9 Å². The van der Waals surface area contributed by atoms with E-state index in [0.29, 0.717) is 5.82 Å². The molecule has 0 saturated carbocycles. The fraction of sp³-hybridized carbons (Fsp3) is 0.583. The fourth-order valence-electron chi connectivity index (χ4n) is 2.89. The topological polar surface area (TPSA) is 45.4 Å². The Kier molecular flexibility index (Phi) is 2.44. The molecule has 2 N–H and O–H groups in total. The number of fused-ring (bicyclic) bond motifs is 1. The SMILES string of the molecule is Nc1ncccc1N1CCN2CCCC2C1. The summed E-state index contributed by atoms with van der Waals surface area (Å²) in [5.74, 6) is 0.661. The minimum atomic E-state index is 0.661. The van der Waals surface area contributed by atoms with E-state index >= 15 is 0 Å². The van der Waals surface area contributed by atoms with Gasteiger partial charge in [0.05, 0.1) is 5.69 Å². The molecule has 3 heterocycles. The largest absolute Gasteiger partial charge is 0.382 e. The number of nitrogen functional groups attached to an aromatic ring is 1. The van der Waals surface area contributed by atoms with Gasteiger partial charge in [-0.1, -0.05) is 0 Å². The highest BCUT2D eigenvalue weighted by Crippen LogP contribution is 2.27. The van der Waals surface area contributed by atoms with E-state index in [1.54, 1.807) is 6.20 Å². The zero-order valence-corrected chi connectivity index (χ0v) is 9.47. The average Bonchev–Trinajstić information content (AvgIpc) is 2.76. The van der Waals surface area contributed by atoms with Gasteiger partial charge in [-0.3, -0.25) is 4.90 Å². The van der Waals surface area contributed by atoms with Gasteiger partial charge in [0, 0.05) is 31.9 Å². The number of nitrogens with two attached hydrogens (primary N) is 1. The van der Waals surface area contributed by atoms with Crippen LogP contribution in [0, 0.1) is 0 Å². The first-order chi connectivity index (χ1) is 7.84. The molecule has 1 aromatic rings. The molecule has 0 aliphatic carbocycles. The Morgan fingerprint density at radius 1 is 1.31 bits per heavy atom. The van der Waals surface area contributed by atoms with E-state index in [4.69, 9.17) is 5.73 Å². The van der Waals surface area contributed by atoms with Crippen molar-refractivity contribution in [3.05, 3.63) is 18.3 Å². The lowest BCUT2D eigenvalue weighted by molar-refractivity contribution is 0.231. The Morgan fingerprint density at radius 3 is 3.12 bits per heavy atom. The molecule has 2 saturated heterocycles. The second-order valence-electron chi connectivity index (χ2n) is 4.69. The molecule has 2 aliphatic rings. The van der Waals surface area contributed by atoms with Crippen LogP contribution in [-0.4, -0.2) is 42.1 Å². The first kappa shape index (κ1) is 9.90. The molecule has 0 aromatic carbocycles. The molecule has 2 fully saturated rings. The minimum Gasteiger partial charge on any atom is -0.382 e. The van der Waals surface area contributed by atoms with Gasteiger partial charge in [0.1, 0.15) is 5.82 Å². The molecule has 2 aliphatic heterocycles. The molecule has 1 atom stereocenters. The summed E-state index contributed by atoms with van der Waals surface area (Å²) in [6.07, 6.45) is 4.43. The van der Waals surface area contributed by atoms with Crippen LogP contribution in [0.2, 0.25) is 0 Å². The number of pyridine rings is 1. The maximum Gasteiger partial charge on any atom is 0.146 e. The van der Waals surface area contributed by atoms with E-state index in [0.717, 1.165) is 24.8 Å². The normalized spacial score (nSPS) is 25.8. The maximum absolute atomic E-state index is 5.92. The zero-order chi connectivity index (χ0) is 11.0. The number of rotatable bonds is 1. The van der Waals surface area contributed by atoms with Crippen molar-refractivity contribution in [1.29, 1.82) is 0 Å². The number of hydrogen-bond donors (Lipinski definition) is 1. The first-order valence-electron chi connectivity index (χ1n) is 6.04. The van der Waals surface area contributed by atoms with Crippen LogP contribution in [-0.2, 0) is 0 Å².